The molecule has 0 atom stereocenters. The van der Waals surface area contributed by atoms with E-state index >= 15 is 0 Å². The summed E-state index contributed by atoms with van der Waals surface area (Å²) in [6.07, 6.45) is 0. The number of aromatic nitrogens is 4. The van der Waals surface area contributed by atoms with Crippen molar-refractivity contribution in [2.45, 2.75) is 11.7 Å². The SMILES string of the molecule is Cn1c(CNc2nc(-c3ccccc3)cs2)nnc1SCC(=O)Nc1ccccc1F. The number of hydrogen-bond acceptors (Lipinski definition) is 7. The van der Waals surface area contributed by atoms with E-state index in [1.807, 2.05) is 47.3 Å². The average molecular weight is 455 g/mol. The number of carbonyl (C=O) groups excluding carboxylic acids is 1. The lowest BCUT2D eigenvalue weighted by Crippen LogP contribution is -2.15. The van der Waals surface area contributed by atoms with Crippen LogP contribution >= 0.6 is 23.1 Å². The Morgan fingerprint density at radius 2 is 1.90 bits per heavy atom. The van der Waals surface area contributed by atoms with E-state index in [1.165, 1.54) is 35.2 Å². The molecule has 2 heterocycles. The smallest absolute Gasteiger partial charge is 0.234 e. The average Bonchev–Trinajstić information content (AvgIpc) is 3.40. The van der Waals surface area contributed by atoms with Gasteiger partial charge < -0.3 is 15.2 Å². The molecule has 0 spiro atoms. The molecule has 158 valence electrons. The van der Waals surface area contributed by atoms with Crippen molar-refractivity contribution in [1.82, 2.24) is 19.7 Å². The normalized spacial score (nSPS) is 10.8. The highest BCUT2D eigenvalue weighted by Crippen LogP contribution is 2.25. The highest BCUT2D eigenvalue weighted by atomic mass is 32.2. The molecule has 0 saturated carbocycles. The molecule has 0 fully saturated rings. The predicted octanol–water partition coefficient (Wildman–Crippen LogP) is 4.42. The van der Waals surface area contributed by atoms with E-state index in [4.69, 9.17) is 0 Å². The monoisotopic (exact) mass is 454 g/mol. The zero-order chi connectivity index (χ0) is 21.6. The van der Waals surface area contributed by atoms with Crippen LogP contribution in [-0.4, -0.2) is 31.4 Å². The van der Waals surface area contributed by atoms with Crippen LogP contribution in [0.5, 0.6) is 0 Å². The molecule has 2 aromatic carbocycles. The topological polar surface area (TPSA) is 84.7 Å². The molecule has 0 aliphatic heterocycles. The lowest BCUT2D eigenvalue weighted by molar-refractivity contribution is -0.113. The zero-order valence-electron chi connectivity index (χ0n) is 16.6. The molecule has 4 aromatic rings. The summed E-state index contributed by atoms with van der Waals surface area (Å²) in [5, 5.41) is 17.5. The van der Waals surface area contributed by atoms with Gasteiger partial charge in [-0.1, -0.05) is 54.2 Å². The van der Waals surface area contributed by atoms with Gasteiger partial charge in [-0.3, -0.25) is 4.79 Å². The summed E-state index contributed by atoms with van der Waals surface area (Å²) in [6, 6.07) is 16.0. The van der Waals surface area contributed by atoms with E-state index in [-0.39, 0.29) is 17.3 Å². The molecule has 0 radical (unpaired) electrons. The van der Waals surface area contributed by atoms with Crippen LogP contribution in [0, 0.1) is 5.82 Å². The second kappa shape index (κ2) is 9.71. The van der Waals surface area contributed by atoms with Crippen molar-refractivity contribution in [3.8, 4) is 11.3 Å². The minimum atomic E-state index is -0.467. The summed E-state index contributed by atoms with van der Waals surface area (Å²) in [7, 11) is 1.84. The van der Waals surface area contributed by atoms with Crippen molar-refractivity contribution in [1.29, 1.82) is 0 Å². The van der Waals surface area contributed by atoms with Crippen molar-refractivity contribution in [3.63, 3.8) is 0 Å². The van der Waals surface area contributed by atoms with Crippen LogP contribution in [0.1, 0.15) is 5.82 Å². The summed E-state index contributed by atoms with van der Waals surface area (Å²) in [6.45, 7) is 0.452. The largest absolute Gasteiger partial charge is 0.354 e. The summed E-state index contributed by atoms with van der Waals surface area (Å²) in [4.78, 5) is 16.7. The van der Waals surface area contributed by atoms with Crippen molar-refractivity contribution in [2.24, 2.45) is 7.05 Å². The number of anilines is 2. The second-order valence-electron chi connectivity index (χ2n) is 6.53. The number of thiazole rings is 1. The van der Waals surface area contributed by atoms with Crippen molar-refractivity contribution in [3.05, 3.63) is 71.6 Å². The molecule has 0 aliphatic rings. The van der Waals surface area contributed by atoms with E-state index in [9.17, 15) is 9.18 Å². The van der Waals surface area contributed by atoms with Gasteiger partial charge in [-0.15, -0.1) is 21.5 Å². The maximum atomic E-state index is 13.6. The number of para-hydroxylation sites is 1. The number of halogens is 1. The Labute approximate surface area is 186 Å². The first-order chi connectivity index (χ1) is 15.1. The minimum Gasteiger partial charge on any atom is -0.354 e. The van der Waals surface area contributed by atoms with E-state index in [0.29, 0.717) is 17.5 Å². The molecular formula is C21H19FN6OS2. The highest BCUT2D eigenvalue weighted by molar-refractivity contribution is 7.99. The number of thioether (sulfide) groups is 1. The number of nitrogens with one attached hydrogen (secondary N) is 2. The van der Waals surface area contributed by atoms with E-state index in [0.717, 1.165) is 16.4 Å². The van der Waals surface area contributed by atoms with Crippen molar-refractivity contribution in [2.75, 3.05) is 16.4 Å². The molecule has 1 amide bonds. The Morgan fingerprint density at radius 1 is 1.13 bits per heavy atom. The lowest BCUT2D eigenvalue weighted by atomic mass is 10.2. The highest BCUT2D eigenvalue weighted by Gasteiger charge is 2.13. The van der Waals surface area contributed by atoms with Gasteiger partial charge in [-0.05, 0) is 12.1 Å². The van der Waals surface area contributed by atoms with Gasteiger partial charge in [0.05, 0.1) is 23.7 Å². The number of nitrogens with zero attached hydrogens (tertiary/aromatic N) is 4. The Balaban J connectivity index is 1.31. The van der Waals surface area contributed by atoms with Gasteiger partial charge in [0.15, 0.2) is 16.1 Å². The van der Waals surface area contributed by atoms with Gasteiger partial charge >= 0.3 is 0 Å². The Bertz CT molecular complexity index is 1180. The van der Waals surface area contributed by atoms with E-state index < -0.39 is 5.82 Å². The van der Waals surface area contributed by atoms with E-state index in [2.05, 4.69) is 25.8 Å². The molecule has 4 rings (SSSR count). The molecule has 0 saturated heterocycles. The van der Waals surface area contributed by atoms with Crippen LogP contribution in [0.4, 0.5) is 15.2 Å². The fraction of sp³-hybridized carbons (Fsp3) is 0.143. The molecular weight excluding hydrogens is 435 g/mol. The van der Waals surface area contributed by atoms with Crippen LogP contribution in [0.3, 0.4) is 0 Å². The van der Waals surface area contributed by atoms with Crippen molar-refractivity contribution < 1.29 is 9.18 Å². The lowest BCUT2D eigenvalue weighted by Gasteiger charge is -2.06. The summed E-state index contributed by atoms with van der Waals surface area (Å²) >= 11 is 2.76. The molecule has 7 nitrogen and oxygen atoms in total. The van der Waals surface area contributed by atoms with Gasteiger partial charge in [0.2, 0.25) is 5.91 Å². The Kier molecular flexibility index (Phi) is 6.58. The molecule has 2 aromatic heterocycles. The number of rotatable bonds is 8. The molecule has 0 bridgehead atoms. The number of benzene rings is 2. The quantitative estimate of drug-likeness (QED) is 0.384. The number of hydrogen-bond donors (Lipinski definition) is 2. The number of amides is 1. The van der Waals surface area contributed by atoms with Gasteiger partial charge in [-0.25, -0.2) is 9.37 Å². The molecule has 10 heteroatoms. The first-order valence-corrected chi connectivity index (χ1v) is 11.3. The summed E-state index contributed by atoms with van der Waals surface area (Å²) in [5.41, 5.74) is 2.15. The fourth-order valence-corrected chi connectivity index (χ4v) is 4.20. The fourth-order valence-electron chi connectivity index (χ4n) is 2.75. The third-order valence-corrected chi connectivity index (χ3v) is 6.20. The first-order valence-electron chi connectivity index (χ1n) is 9.40. The standard InChI is InChI=1S/C21H19FN6OS2/c1-28-18(11-23-20-25-17(12-30-20)14-7-3-2-4-8-14)26-27-21(28)31-13-19(29)24-16-10-6-5-9-15(16)22/h2-10,12H,11,13H2,1H3,(H,23,25)(H,24,29). The van der Waals surface area contributed by atoms with E-state index in [1.54, 1.807) is 12.1 Å². The van der Waals surface area contributed by atoms with Gasteiger partial charge in [0.1, 0.15) is 5.82 Å². The Hall–Kier alpha value is -3.24. The van der Waals surface area contributed by atoms with Gasteiger partial charge in [0, 0.05) is 18.0 Å². The third kappa shape index (κ3) is 5.28. The summed E-state index contributed by atoms with van der Waals surface area (Å²) in [5.74, 6) is 0.0358. The first kappa shape index (κ1) is 21.0. The third-order valence-electron chi connectivity index (χ3n) is 4.38. The second-order valence-corrected chi connectivity index (χ2v) is 8.33. The number of carbonyl (C=O) groups is 1. The van der Waals surface area contributed by atoms with Crippen LogP contribution in [0.15, 0.2) is 65.1 Å². The molecule has 2 N–H and O–H groups in total. The van der Waals surface area contributed by atoms with Gasteiger partial charge in [0.25, 0.3) is 0 Å². The zero-order valence-corrected chi connectivity index (χ0v) is 18.2. The van der Waals surface area contributed by atoms with Crippen LogP contribution in [0.2, 0.25) is 0 Å². The van der Waals surface area contributed by atoms with Crippen molar-refractivity contribution >= 4 is 39.8 Å². The molecule has 31 heavy (non-hydrogen) atoms. The van der Waals surface area contributed by atoms with Crippen LogP contribution in [0.25, 0.3) is 11.3 Å². The summed E-state index contributed by atoms with van der Waals surface area (Å²) < 4.78 is 15.5. The molecule has 0 aliphatic carbocycles. The maximum Gasteiger partial charge on any atom is 0.234 e. The Morgan fingerprint density at radius 3 is 2.71 bits per heavy atom. The van der Waals surface area contributed by atoms with Crippen LogP contribution in [-0.2, 0) is 18.4 Å². The minimum absolute atomic E-state index is 0.0979. The van der Waals surface area contributed by atoms with Gasteiger partial charge in [-0.2, -0.15) is 0 Å². The van der Waals surface area contributed by atoms with Crippen LogP contribution < -0.4 is 10.6 Å². The predicted molar refractivity (Wildman–Crippen MR) is 122 cm³/mol. The maximum absolute atomic E-state index is 13.6. The molecule has 0 unspecified atom stereocenters.